The van der Waals surface area contributed by atoms with Gasteiger partial charge in [0.25, 0.3) is 0 Å². The summed E-state index contributed by atoms with van der Waals surface area (Å²) in [5, 5.41) is 0. The average molecular weight is 855 g/mol. The van der Waals surface area contributed by atoms with Crippen LogP contribution in [0, 0.1) is 0 Å². The Labute approximate surface area is 357 Å². The zero-order valence-electron chi connectivity index (χ0n) is 37.4. The van der Waals surface area contributed by atoms with E-state index in [4.69, 9.17) is 56.8 Å². The molecule has 15 heteroatoms. The first-order valence-corrected chi connectivity index (χ1v) is 22.8. The zero-order chi connectivity index (χ0) is 42.6. The fourth-order valence-electron chi connectivity index (χ4n) is 5.49. The van der Waals surface area contributed by atoms with Gasteiger partial charge in [0.15, 0.2) is 0 Å². The Balaban J connectivity index is 3.13. The van der Waals surface area contributed by atoms with Crippen LogP contribution in [0.25, 0.3) is 0 Å². The van der Waals surface area contributed by atoms with Crippen LogP contribution in [0.5, 0.6) is 0 Å². The first kappa shape index (κ1) is 57.5. The molecule has 0 aliphatic heterocycles. The van der Waals surface area contributed by atoms with Crippen LogP contribution in [0.2, 0.25) is 0 Å². The summed E-state index contributed by atoms with van der Waals surface area (Å²) in [6.07, 6.45) is 20.4. The number of carbonyl (C=O) groups excluding carboxylic acids is 2. The maximum absolute atomic E-state index is 11.9. The van der Waals surface area contributed by atoms with E-state index in [1.807, 2.05) is 0 Å². The van der Waals surface area contributed by atoms with Crippen molar-refractivity contribution in [2.45, 2.75) is 116 Å². The van der Waals surface area contributed by atoms with E-state index in [1.165, 1.54) is 90.6 Å². The molecule has 0 radical (unpaired) electrons. The predicted octanol–water partition coefficient (Wildman–Crippen LogP) is 6.54. The van der Waals surface area contributed by atoms with Gasteiger partial charge in [0.1, 0.15) is 6.61 Å². The maximum atomic E-state index is 11.9. The summed E-state index contributed by atoms with van der Waals surface area (Å²) in [5.41, 5.74) is 0. The van der Waals surface area contributed by atoms with Crippen molar-refractivity contribution in [3.05, 3.63) is 0 Å². The highest BCUT2D eigenvalue weighted by molar-refractivity contribution is 5.69. The molecule has 0 aliphatic rings. The number of esters is 2. The smallest absolute Gasteiger partial charge is 0.307 e. The first-order valence-electron chi connectivity index (χ1n) is 22.8. The molecule has 0 bridgehead atoms. The summed E-state index contributed by atoms with van der Waals surface area (Å²) in [4.78, 5) is 22.9. The van der Waals surface area contributed by atoms with Gasteiger partial charge in [-0.15, -0.1) is 0 Å². The molecular weight excluding hydrogens is 768 g/mol. The highest BCUT2D eigenvalue weighted by Crippen LogP contribution is 2.14. The molecule has 0 amide bonds. The Hall–Kier alpha value is -1.50. The summed E-state index contributed by atoms with van der Waals surface area (Å²) < 4.78 is 69.8. The summed E-state index contributed by atoms with van der Waals surface area (Å²) in [6.45, 7) is 12.8. The molecule has 0 N–H and O–H groups in total. The number of hydrogen-bond donors (Lipinski definition) is 0. The Bertz CT molecular complexity index is 823. The normalized spacial score (nSPS) is 11.4. The molecule has 15 nitrogen and oxygen atoms in total. The van der Waals surface area contributed by atoms with Gasteiger partial charge in [-0.25, -0.2) is 0 Å². The van der Waals surface area contributed by atoms with E-state index >= 15 is 0 Å². The number of unbranched alkanes of at least 4 members (excludes halogenated alkanes) is 14. The van der Waals surface area contributed by atoms with Crippen molar-refractivity contribution in [1.82, 2.24) is 0 Å². The quantitative estimate of drug-likeness (QED) is 0.0481. The number of ether oxygens (including phenoxy) is 13. The summed E-state index contributed by atoms with van der Waals surface area (Å²) in [5.74, 6) is -0.422. The van der Waals surface area contributed by atoms with Gasteiger partial charge in [-0.2, -0.15) is 0 Å². The minimum atomic E-state index is -0.287. The van der Waals surface area contributed by atoms with Crippen molar-refractivity contribution in [3.8, 4) is 0 Å². The Morgan fingerprint density at radius 3 is 0.780 bits per heavy atom. The second-order valence-corrected chi connectivity index (χ2v) is 14.0. The van der Waals surface area contributed by atoms with Crippen LogP contribution in [-0.4, -0.2) is 171 Å². The Kier molecular flexibility index (Phi) is 51.3. The highest BCUT2D eigenvalue weighted by atomic mass is 16.6. The van der Waals surface area contributed by atoms with Crippen LogP contribution in [0.15, 0.2) is 0 Å². The van der Waals surface area contributed by atoms with E-state index in [0.717, 1.165) is 12.8 Å². The third kappa shape index (κ3) is 52.6. The summed E-state index contributed by atoms with van der Waals surface area (Å²) >= 11 is 0. The topological polar surface area (TPSA) is 154 Å². The van der Waals surface area contributed by atoms with Crippen molar-refractivity contribution < 1.29 is 71.2 Å². The van der Waals surface area contributed by atoms with Crippen LogP contribution < -0.4 is 0 Å². The van der Waals surface area contributed by atoms with Gasteiger partial charge in [-0.1, -0.05) is 96.8 Å². The third-order valence-corrected chi connectivity index (χ3v) is 8.87. The minimum Gasteiger partial charge on any atom is -0.469 e. The van der Waals surface area contributed by atoms with Gasteiger partial charge < -0.3 is 61.6 Å². The number of carbonyl (C=O) groups is 2. The van der Waals surface area contributed by atoms with Gasteiger partial charge in [-0.3, -0.25) is 9.59 Å². The van der Waals surface area contributed by atoms with Gasteiger partial charge in [0.2, 0.25) is 0 Å². The molecule has 0 unspecified atom stereocenters. The van der Waals surface area contributed by atoms with E-state index in [0.29, 0.717) is 152 Å². The molecule has 352 valence electrons. The van der Waals surface area contributed by atoms with Gasteiger partial charge in [0.05, 0.1) is 159 Å². The fraction of sp³-hybridized carbons (Fsp3) is 0.955. The summed E-state index contributed by atoms with van der Waals surface area (Å²) in [7, 11) is 1.35. The standard InChI is InChI=1S/C44H86O15/c1-3-4-5-6-7-8-9-10-11-12-13-14-15-16-17-18-44(46)59-42-41-58-40-39-57-38-37-56-36-35-55-34-33-54-32-31-53-30-29-52-28-27-51-26-25-50-24-23-49-22-21-48-20-19-43(45)47-2/h3-42H2,1-2H3. The first-order chi connectivity index (χ1) is 29.2. The number of hydrogen-bond acceptors (Lipinski definition) is 15. The zero-order valence-corrected chi connectivity index (χ0v) is 37.4. The molecule has 0 rings (SSSR count). The van der Waals surface area contributed by atoms with Gasteiger partial charge >= 0.3 is 11.9 Å². The van der Waals surface area contributed by atoms with Crippen LogP contribution in [0.1, 0.15) is 116 Å². The second kappa shape index (κ2) is 52.6. The Morgan fingerprint density at radius 2 is 0.508 bits per heavy atom. The molecule has 0 saturated heterocycles. The molecule has 0 aromatic heterocycles. The number of rotatable bonds is 52. The molecule has 0 heterocycles. The van der Waals surface area contributed by atoms with Gasteiger partial charge in [0, 0.05) is 6.42 Å². The molecule has 0 aliphatic carbocycles. The lowest BCUT2D eigenvalue weighted by Crippen LogP contribution is -2.15. The van der Waals surface area contributed by atoms with E-state index in [-0.39, 0.29) is 25.0 Å². The minimum absolute atomic E-state index is 0.134. The SMILES string of the molecule is CCCCCCCCCCCCCCCCCC(=O)OCCOCCOCCOCCOCCOCCOCCOCCOCCOCCOCCOCCC(=O)OC. The van der Waals surface area contributed by atoms with Crippen molar-refractivity contribution in [2.24, 2.45) is 0 Å². The molecule has 0 saturated carbocycles. The number of methoxy groups -OCH3 is 1. The van der Waals surface area contributed by atoms with Crippen molar-refractivity contribution >= 4 is 11.9 Å². The van der Waals surface area contributed by atoms with E-state index < -0.39 is 0 Å². The average Bonchev–Trinajstić information content (AvgIpc) is 3.24. The lowest BCUT2D eigenvalue weighted by molar-refractivity contribution is -0.145. The van der Waals surface area contributed by atoms with Crippen molar-refractivity contribution in [3.63, 3.8) is 0 Å². The summed E-state index contributed by atoms with van der Waals surface area (Å²) in [6, 6.07) is 0. The van der Waals surface area contributed by atoms with Crippen LogP contribution >= 0.6 is 0 Å². The molecule has 0 atom stereocenters. The molecule has 0 aromatic rings. The lowest BCUT2D eigenvalue weighted by Gasteiger charge is -2.09. The molecule has 0 fully saturated rings. The van der Waals surface area contributed by atoms with Crippen LogP contribution in [0.3, 0.4) is 0 Å². The van der Waals surface area contributed by atoms with Crippen LogP contribution in [-0.2, 0) is 71.2 Å². The highest BCUT2D eigenvalue weighted by Gasteiger charge is 2.03. The molecule has 0 spiro atoms. The van der Waals surface area contributed by atoms with E-state index in [1.54, 1.807) is 0 Å². The molecule has 59 heavy (non-hydrogen) atoms. The van der Waals surface area contributed by atoms with Crippen molar-refractivity contribution in [2.75, 3.05) is 159 Å². The Morgan fingerprint density at radius 1 is 0.271 bits per heavy atom. The van der Waals surface area contributed by atoms with E-state index in [2.05, 4.69) is 11.7 Å². The largest absolute Gasteiger partial charge is 0.469 e. The predicted molar refractivity (Wildman–Crippen MR) is 226 cm³/mol. The van der Waals surface area contributed by atoms with Gasteiger partial charge in [-0.05, 0) is 6.42 Å². The second-order valence-electron chi connectivity index (χ2n) is 14.0. The van der Waals surface area contributed by atoms with Crippen molar-refractivity contribution in [1.29, 1.82) is 0 Å². The lowest BCUT2D eigenvalue weighted by atomic mass is 10.0. The molecular formula is C44H86O15. The maximum Gasteiger partial charge on any atom is 0.307 e. The molecule has 0 aromatic carbocycles. The monoisotopic (exact) mass is 855 g/mol. The van der Waals surface area contributed by atoms with Crippen LogP contribution in [0.4, 0.5) is 0 Å². The fourth-order valence-corrected chi connectivity index (χ4v) is 5.49. The van der Waals surface area contributed by atoms with E-state index in [9.17, 15) is 9.59 Å². The third-order valence-electron chi connectivity index (χ3n) is 8.87.